The van der Waals surface area contributed by atoms with Crippen LogP contribution in [0.4, 0.5) is 4.79 Å². The van der Waals surface area contributed by atoms with Crippen LogP contribution in [0, 0.1) is 5.92 Å². The van der Waals surface area contributed by atoms with Crippen LogP contribution < -0.4 is 10.6 Å². The third-order valence-electron chi connectivity index (χ3n) is 3.02. The molecule has 1 rings (SSSR count). The zero-order valence-corrected chi connectivity index (χ0v) is 10.6. The molecule has 1 fully saturated rings. The Morgan fingerprint density at radius 2 is 2.22 bits per heavy atom. The Bertz CT molecular complexity index is 345. The lowest BCUT2D eigenvalue weighted by atomic mass is 10.1. The summed E-state index contributed by atoms with van der Waals surface area (Å²) in [6, 6.07) is -0.895. The van der Waals surface area contributed by atoms with E-state index >= 15 is 0 Å². The summed E-state index contributed by atoms with van der Waals surface area (Å²) in [5.41, 5.74) is 0. The molecule has 0 radical (unpaired) electrons. The number of amides is 3. The summed E-state index contributed by atoms with van der Waals surface area (Å²) in [5, 5.41) is 13.8. The molecule has 18 heavy (non-hydrogen) atoms. The first-order valence-corrected chi connectivity index (χ1v) is 5.94. The largest absolute Gasteiger partial charge is 0.481 e. The second-order valence-electron chi connectivity index (χ2n) is 4.53. The maximum absolute atomic E-state index is 11.5. The van der Waals surface area contributed by atoms with Gasteiger partial charge in [0.2, 0.25) is 5.91 Å². The van der Waals surface area contributed by atoms with Gasteiger partial charge in [0, 0.05) is 20.1 Å². The fourth-order valence-corrected chi connectivity index (χ4v) is 1.69. The molecule has 0 aromatic carbocycles. The van der Waals surface area contributed by atoms with Crippen molar-refractivity contribution in [2.75, 3.05) is 20.1 Å². The van der Waals surface area contributed by atoms with Gasteiger partial charge in [-0.15, -0.1) is 0 Å². The highest BCUT2D eigenvalue weighted by atomic mass is 16.4. The predicted molar refractivity (Wildman–Crippen MR) is 64.0 cm³/mol. The summed E-state index contributed by atoms with van der Waals surface area (Å²) in [4.78, 5) is 35.1. The summed E-state index contributed by atoms with van der Waals surface area (Å²) in [5.74, 6) is -1.47. The van der Waals surface area contributed by atoms with Crippen molar-refractivity contribution in [2.45, 2.75) is 25.8 Å². The quantitative estimate of drug-likeness (QED) is 0.625. The molecule has 102 valence electrons. The SMILES string of the molecule is CC(CCNC(=O)NC1CCN(C)C1=O)C(=O)O. The van der Waals surface area contributed by atoms with E-state index in [-0.39, 0.29) is 12.5 Å². The molecule has 7 nitrogen and oxygen atoms in total. The van der Waals surface area contributed by atoms with E-state index in [1.807, 2.05) is 0 Å². The number of nitrogens with one attached hydrogen (secondary N) is 2. The number of likely N-dealkylation sites (tertiary alicyclic amines) is 1. The molecule has 1 heterocycles. The van der Waals surface area contributed by atoms with E-state index in [1.165, 1.54) is 0 Å². The molecular weight excluding hydrogens is 238 g/mol. The van der Waals surface area contributed by atoms with Crippen molar-refractivity contribution < 1.29 is 19.5 Å². The van der Waals surface area contributed by atoms with E-state index in [1.54, 1.807) is 18.9 Å². The number of hydrogen-bond acceptors (Lipinski definition) is 3. The van der Waals surface area contributed by atoms with Crippen LogP contribution >= 0.6 is 0 Å². The number of carbonyl (C=O) groups excluding carboxylic acids is 2. The zero-order valence-electron chi connectivity index (χ0n) is 10.6. The minimum atomic E-state index is -0.884. The van der Waals surface area contributed by atoms with Crippen molar-refractivity contribution in [1.82, 2.24) is 15.5 Å². The van der Waals surface area contributed by atoms with Crippen molar-refractivity contribution in [3.63, 3.8) is 0 Å². The lowest BCUT2D eigenvalue weighted by Gasteiger charge is -2.13. The molecular formula is C11H19N3O4. The Morgan fingerprint density at radius 3 is 2.72 bits per heavy atom. The molecule has 0 aromatic rings. The number of aliphatic carboxylic acids is 1. The summed E-state index contributed by atoms with van der Waals surface area (Å²) in [7, 11) is 1.69. The van der Waals surface area contributed by atoms with Crippen LogP contribution in [0.25, 0.3) is 0 Å². The van der Waals surface area contributed by atoms with Gasteiger partial charge in [-0.1, -0.05) is 6.92 Å². The zero-order chi connectivity index (χ0) is 13.7. The summed E-state index contributed by atoms with van der Waals surface area (Å²) >= 11 is 0. The second kappa shape index (κ2) is 6.23. The Labute approximate surface area is 106 Å². The second-order valence-corrected chi connectivity index (χ2v) is 4.53. The maximum Gasteiger partial charge on any atom is 0.315 e. The van der Waals surface area contributed by atoms with Crippen LogP contribution in [0.15, 0.2) is 0 Å². The van der Waals surface area contributed by atoms with Gasteiger partial charge in [-0.25, -0.2) is 4.79 Å². The molecule has 3 N–H and O–H groups in total. The highest BCUT2D eigenvalue weighted by Gasteiger charge is 2.30. The standard InChI is InChI=1S/C11H19N3O4/c1-7(10(16)17)3-5-12-11(18)13-8-4-6-14(2)9(8)15/h7-8H,3-6H2,1-2H3,(H,16,17)(H2,12,13,18). The van der Waals surface area contributed by atoms with Crippen LogP contribution in [0.1, 0.15) is 19.8 Å². The van der Waals surface area contributed by atoms with Gasteiger partial charge in [0.25, 0.3) is 0 Å². The van der Waals surface area contributed by atoms with Gasteiger partial charge in [-0.2, -0.15) is 0 Å². The van der Waals surface area contributed by atoms with Crippen molar-refractivity contribution in [3.8, 4) is 0 Å². The fraction of sp³-hybridized carbons (Fsp3) is 0.727. The molecule has 0 saturated carbocycles. The third-order valence-corrected chi connectivity index (χ3v) is 3.02. The molecule has 2 atom stereocenters. The molecule has 0 bridgehead atoms. The Hall–Kier alpha value is -1.79. The first-order chi connectivity index (χ1) is 8.41. The topological polar surface area (TPSA) is 98.7 Å². The lowest BCUT2D eigenvalue weighted by Crippen LogP contribution is -2.46. The van der Waals surface area contributed by atoms with Crippen LogP contribution in [-0.4, -0.2) is 54.1 Å². The number of likely N-dealkylation sites (N-methyl/N-ethyl adjacent to an activating group) is 1. The average molecular weight is 257 g/mol. The van der Waals surface area contributed by atoms with Crippen molar-refractivity contribution in [2.24, 2.45) is 5.92 Å². The molecule has 2 unspecified atom stereocenters. The minimum absolute atomic E-state index is 0.0935. The number of carboxylic acids is 1. The van der Waals surface area contributed by atoms with E-state index in [0.717, 1.165) is 0 Å². The molecule has 1 saturated heterocycles. The normalized spacial score (nSPS) is 20.7. The smallest absolute Gasteiger partial charge is 0.315 e. The number of carboxylic acid groups (broad SMARTS) is 1. The number of carbonyl (C=O) groups is 3. The minimum Gasteiger partial charge on any atom is -0.481 e. The van der Waals surface area contributed by atoms with Gasteiger partial charge in [0.1, 0.15) is 6.04 Å². The van der Waals surface area contributed by atoms with E-state index in [2.05, 4.69) is 10.6 Å². The molecule has 1 aliphatic heterocycles. The number of urea groups is 1. The molecule has 0 aromatic heterocycles. The molecule has 7 heteroatoms. The van der Waals surface area contributed by atoms with Gasteiger partial charge >= 0.3 is 12.0 Å². The van der Waals surface area contributed by atoms with Crippen LogP contribution in [0.3, 0.4) is 0 Å². The Morgan fingerprint density at radius 1 is 1.56 bits per heavy atom. The molecule has 3 amide bonds. The van der Waals surface area contributed by atoms with Crippen LogP contribution in [0.2, 0.25) is 0 Å². The first-order valence-electron chi connectivity index (χ1n) is 5.94. The molecule has 0 aliphatic carbocycles. The van der Waals surface area contributed by atoms with E-state index < -0.39 is 24.0 Å². The van der Waals surface area contributed by atoms with Crippen molar-refractivity contribution in [3.05, 3.63) is 0 Å². The summed E-state index contributed by atoms with van der Waals surface area (Å²) < 4.78 is 0. The van der Waals surface area contributed by atoms with Crippen molar-refractivity contribution in [1.29, 1.82) is 0 Å². The summed E-state index contributed by atoms with van der Waals surface area (Å²) in [6.07, 6.45) is 0.968. The monoisotopic (exact) mass is 257 g/mol. The summed E-state index contributed by atoms with van der Waals surface area (Å²) in [6.45, 7) is 2.49. The van der Waals surface area contributed by atoms with Gasteiger partial charge in [-0.05, 0) is 12.8 Å². The molecule has 1 aliphatic rings. The molecule has 0 spiro atoms. The maximum atomic E-state index is 11.5. The lowest BCUT2D eigenvalue weighted by molar-refractivity contribution is -0.141. The Balaban J connectivity index is 2.22. The highest BCUT2D eigenvalue weighted by molar-refractivity contribution is 5.88. The number of rotatable bonds is 5. The number of nitrogens with zero attached hydrogens (tertiary/aromatic N) is 1. The fourth-order valence-electron chi connectivity index (χ4n) is 1.69. The van der Waals surface area contributed by atoms with E-state index in [9.17, 15) is 14.4 Å². The van der Waals surface area contributed by atoms with E-state index in [0.29, 0.717) is 19.4 Å². The van der Waals surface area contributed by atoms with Crippen LogP contribution in [0.5, 0.6) is 0 Å². The van der Waals surface area contributed by atoms with Crippen molar-refractivity contribution >= 4 is 17.9 Å². The highest BCUT2D eigenvalue weighted by Crippen LogP contribution is 2.08. The van der Waals surface area contributed by atoms with Gasteiger partial charge < -0.3 is 20.6 Å². The van der Waals surface area contributed by atoms with Gasteiger partial charge in [0.15, 0.2) is 0 Å². The van der Waals surface area contributed by atoms with Crippen LogP contribution in [-0.2, 0) is 9.59 Å². The van der Waals surface area contributed by atoms with Gasteiger partial charge in [-0.3, -0.25) is 9.59 Å². The Kier molecular flexibility index (Phi) is 4.94. The predicted octanol–water partition coefficient (Wildman–Crippen LogP) is -0.373. The van der Waals surface area contributed by atoms with Gasteiger partial charge in [0.05, 0.1) is 5.92 Å². The first kappa shape index (κ1) is 14.3. The third kappa shape index (κ3) is 3.90. The number of hydrogen-bond donors (Lipinski definition) is 3. The average Bonchev–Trinajstić information content (AvgIpc) is 2.60. The van der Waals surface area contributed by atoms with E-state index in [4.69, 9.17) is 5.11 Å².